The highest BCUT2D eigenvalue weighted by Gasteiger charge is 2.07. The molecule has 0 spiro atoms. The molecule has 116 valence electrons. The average Bonchev–Trinajstić information content (AvgIpc) is 3.00. The molecule has 0 aliphatic rings. The van der Waals surface area contributed by atoms with Crippen LogP contribution in [0, 0.1) is 0 Å². The van der Waals surface area contributed by atoms with Crippen LogP contribution in [0.2, 0.25) is 0 Å². The van der Waals surface area contributed by atoms with Crippen LogP contribution >= 0.6 is 11.3 Å². The number of carboxylic acids is 1. The van der Waals surface area contributed by atoms with E-state index in [1.54, 1.807) is 13.2 Å². The smallest absolute Gasteiger partial charge is 0.355 e. The van der Waals surface area contributed by atoms with E-state index in [1.807, 2.05) is 31.2 Å². The van der Waals surface area contributed by atoms with Gasteiger partial charge < -0.3 is 14.6 Å². The number of aromatic nitrogens is 1. The fourth-order valence-electron chi connectivity index (χ4n) is 1.75. The summed E-state index contributed by atoms with van der Waals surface area (Å²) in [5.74, 6) is 0.361. The van der Waals surface area contributed by atoms with Gasteiger partial charge in [0, 0.05) is 5.38 Å². The fraction of sp³-hybridized carbons (Fsp3) is 0.250. The van der Waals surface area contributed by atoms with Crippen molar-refractivity contribution >= 4 is 29.5 Å². The Kier molecular flexibility index (Phi) is 5.55. The molecule has 1 aromatic carbocycles. The molecule has 0 atom stereocenters. The number of aromatic carboxylic acids is 1. The van der Waals surface area contributed by atoms with Crippen molar-refractivity contribution in [3.05, 3.63) is 39.8 Å². The quantitative estimate of drug-likeness (QED) is 0.840. The lowest BCUT2D eigenvalue weighted by Crippen LogP contribution is -1.97. The van der Waals surface area contributed by atoms with E-state index in [-0.39, 0.29) is 5.69 Å². The zero-order valence-corrected chi connectivity index (χ0v) is 13.2. The predicted molar refractivity (Wildman–Crippen MR) is 86.8 cm³/mol. The van der Waals surface area contributed by atoms with Gasteiger partial charge in [0.05, 0.1) is 13.7 Å². The van der Waals surface area contributed by atoms with Gasteiger partial charge >= 0.3 is 5.97 Å². The second-order valence-corrected chi connectivity index (χ2v) is 5.36. The van der Waals surface area contributed by atoms with Crippen LogP contribution in [-0.4, -0.2) is 29.8 Å². The number of nitrogens with zero attached hydrogens (tertiary/aromatic N) is 1. The molecule has 6 heteroatoms. The number of benzene rings is 1. The maximum Gasteiger partial charge on any atom is 0.355 e. The van der Waals surface area contributed by atoms with Crippen LogP contribution in [0.3, 0.4) is 0 Å². The summed E-state index contributed by atoms with van der Waals surface area (Å²) in [7, 11) is 1.60. The minimum Gasteiger partial charge on any atom is -0.493 e. The van der Waals surface area contributed by atoms with E-state index in [1.165, 1.54) is 16.7 Å². The standard InChI is InChI=1S/C16H17NO4S/c1-3-8-21-13-6-4-11(9-14(13)20-2)5-7-15-17-12(10-22-15)16(18)19/h4-7,9-10H,3,8H2,1-2H3,(H,18,19)/b7-5+. The van der Waals surface area contributed by atoms with Gasteiger partial charge in [-0.2, -0.15) is 0 Å². The topological polar surface area (TPSA) is 68.7 Å². The molecule has 0 aliphatic carbocycles. The molecule has 0 radical (unpaired) electrons. The number of carboxylic acid groups (broad SMARTS) is 1. The molecule has 0 fully saturated rings. The first-order valence-corrected chi connectivity index (χ1v) is 7.69. The van der Waals surface area contributed by atoms with Crippen LogP contribution in [-0.2, 0) is 0 Å². The minimum absolute atomic E-state index is 0.0607. The van der Waals surface area contributed by atoms with Crippen molar-refractivity contribution in [2.45, 2.75) is 13.3 Å². The van der Waals surface area contributed by atoms with E-state index in [2.05, 4.69) is 4.98 Å². The average molecular weight is 319 g/mol. The Bertz CT molecular complexity index is 679. The Morgan fingerprint density at radius 2 is 2.18 bits per heavy atom. The van der Waals surface area contributed by atoms with Crippen molar-refractivity contribution in [2.24, 2.45) is 0 Å². The van der Waals surface area contributed by atoms with Gasteiger partial charge in [0.25, 0.3) is 0 Å². The van der Waals surface area contributed by atoms with E-state index in [0.717, 1.165) is 12.0 Å². The van der Waals surface area contributed by atoms with Gasteiger partial charge in [0.2, 0.25) is 0 Å². The Labute approximate surface area is 132 Å². The van der Waals surface area contributed by atoms with Crippen LogP contribution in [0.5, 0.6) is 11.5 Å². The van der Waals surface area contributed by atoms with Crippen LogP contribution in [0.4, 0.5) is 0 Å². The van der Waals surface area contributed by atoms with E-state index in [0.29, 0.717) is 23.1 Å². The molecule has 22 heavy (non-hydrogen) atoms. The molecule has 0 unspecified atom stereocenters. The normalized spacial score (nSPS) is 10.8. The maximum absolute atomic E-state index is 10.8. The molecular formula is C16H17NO4S. The van der Waals surface area contributed by atoms with E-state index in [9.17, 15) is 4.79 Å². The molecule has 0 aliphatic heterocycles. The third kappa shape index (κ3) is 4.08. The van der Waals surface area contributed by atoms with Gasteiger partial charge in [-0.3, -0.25) is 0 Å². The lowest BCUT2D eigenvalue weighted by molar-refractivity contribution is 0.0691. The van der Waals surface area contributed by atoms with E-state index < -0.39 is 5.97 Å². The van der Waals surface area contributed by atoms with Gasteiger partial charge in [0.15, 0.2) is 17.2 Å². The summed E-state index contributed by atoms with van der Waals surface area (Å²) in [5, 5.41) is 11.0. The van der Waals surface area contributed by atoms with Crippen LogP contribution in [0.1, 0.15) is 34.4 Å². The molecule has 1 heterocycles. The summed E-state index contributed by atoms with van der Waals surface area (Å²) >= 11 is 1.29. The molecule has 1 N–H and O–H groups in total. The monoisotopic (exact) mass is 319 g/mol. The molecule has 0 saturated heterocycles. The predicted octanol–water partition coefficient (Wildman–Crippen LogP) is 3.81. The number of methoxy groups -OCH3 is 1. The SMILES string of the molecule is CCCOc1ccc(/C=C/c2nc(C(=O)O)cs2)cc1OC. The van der Waals surface area contributed by atoms with Gasteiger partial charge in [-0.25, -0.2) is 9.78 Å². The number of rotatable bonds is 7. The lowest BCUT2D eigenvalue weighted by atomic mass is 10.2. The fourth-order valence-corrected chi connectivity index (χ4v) is 2.43. The Balaban J connectivity index is 2.14. The first kappa shape index (κ1) is 16.0. The molecule has 2 aromatic rings. The largest absolute Gasteiger partial charge is 0.493 e. The van der Waals surface area contributed by atoms with Crippen molar-refractivity contribution in [1.82, 2.24) is 4.98 Å². The summed E-state index contributed by atoms with van der Waals surface area (Å²) in [6.07, 6.45) is 4.57. The highest BCUT2D eigenvalue weighted by atomic mass is 32.1. The van der Waals surface area contributed by atoms with Crippen molar-refractivity contribution in [3.63, 3.8) is 0 Å². The molecule has 2 rings (SSSR count). The number of hydrogen-bond acceptors (Lipinski definition) is 5. The summed E-state index contributed by atoms with van der Waals surface area (Å²) < 4.78 is 10.9. The Morgan fingerprint density at radius 3 is 2.82 bits per heavy atom. The highest BCUT2D eigenvalue weighted by molar-refractivity contribution is 7.10. The first-order chi connectivity index (χ1) is 10.6. The van der Waals surface area contributed by atoms with E-state index >= 15 is 0 Å². The summed E-state index contributed by atoms with van der Waals surface area (Å²) in [6, 6.07) is 5.64. The maximum atomic E-state index is 10.8. The summed E-state index contributed by atoms with van der Waals surface area (Å²) in [6.45, 7) is 2.69. The zero-order chi connectivity index (χ0) is 15.9. The molecule has 5 nitrogen and oxygen atoms in total. The van der Waals surface area contributed by atoms with Gasteiger partial charge in [0.1, 0.15) is 5.01 Å². The van der Waals surface area contributed by atoms with Crippen molar-refractivity contribution in [2.75, 3.05) is 13.7 Å². The number of hydrogen-bond donors (Lipinski definition) is 1. The zero-order valence-electron chi connectivity index (χ0n) is 12.4. The third-order valence-corrected chi connectivity index (χ3v) is 3.62. The first-order valence-electron chi connectivity index (χ1n) is 6.81. The third-order valence-electron chi connectivity index (χ3n) is 2.81. The lowest BCUT2D eigenvalue weighted by Gasteiger charge is -2.10. The second-order valence-electron chi connectivity index (χ2n) is 4.47. The van der Waals surface area contributed by atoms with Crippen molar-refractivity contribution < 1.29 is 19.4 Å². The number of carbonyl (C=O) groups is 1. The van der Waals surface area contributed by atoms with Gasteiger partial charge in [-0.1, -0.05) is 19.1 Å². The molecule has 0 bridgehead atoms. The molecule has 0 saturated carbocycles. The van der Waals surface area contributed by atoms with Gasteiger partial charge in [-0.05, 0) is 30.2 Å². The van der Waals surface area contributed by atoms with Crippen LogP contribution in [0.15, 0.2) is 23.6 Å². The molecule has 0 amide bonds. The van der Waals surface area contributed by atoms with Crippen molar-refractivity contribution in [1.29, 1.82) is 0 Å². The minimum atomic E-state index is -1.02. The number of thiazole rings is 1. The Hall–Kier alpha value is -2.34. The Morgan fingerprint density at radius 1 is 1.36 bits per heavy atom. The number of ether oxygens (including phenoxy) is 2. The van der Waals surface area contributed by atoms with Gasteiger partial charge in [-0.15, -0.1) is 11.3 Å². The molecular weight excluding hydrogens is 302 g/mol. The second kappa shape index (κ2) is 7.61. The van der Waals surface area contributed by atoms with Crippen LogP contribution < -0.4 is 9.47 Å². The summed E-state index contributed by atoms with van der Waals surface area (Å²) in [5.41, 5.74) is 0.985. The highest BCUT2D eigenvalue weighted by Crippen LogP contribution is 2.29. The van der Waals surface area contributed by atoms with E-state index in [4.69, 9.17) is 14.6 Å². The summed E-state index contributed by atoms with van der Waals surface area (Å²) in [4.78, 5) is 14.8. The van der Waals surface area contributed by atoms with Crippen molar-refractivity contribution in [3.8, 4) is 11.5 Å². The van der Waals surface area contributed by atoms with Crippen LogP contribution in [0.25, 0.3) is 12.2 Å². The molecule has 1 aromatic heterocycles.